The molecule has 0 aliphatic carbocycles. The fraction of sp³-hybridized carbons (Fsp3) is 0.400. The van der Waals surface area contributed by atoms with Gasteiger partial charge in [0.25, 0.3) is 0 Å². The van der Waals surface area contributed by atoms with Crippen molar-refractivity contribution < 1.29 is 9.47 Å². The minimum atomic E-state index is 0.385. The van der Waals surface area contributed by atoms with Crippen LogP contribution < -0.4 is 14.8 Å². The average Bonchev–Trinajstić information content (AvgIpc) is 2.87. The standard InChI is InChI=1S/C20H25NO2S2/c1-15(13-24-19-9-5-3-7-17(19)22-2)11-21-16-12-23-18-8-4-6-10-20(18)25-14-16/h3-10,15-16,21H,11-14H2,1-2H3/t15-,16-/m0/s1. The van der Waals surface area contributed by atoms with E-state index in [9.17, 15) is 0 Å². The quantitative estimate of drug-likeness (QED) is 0.717. The summed E-state index contributed by atoms with van der Waals surface area (Å²) in [7, 11) is 1.73. The van der Waals surface area contributed by atoms with Crippen molar-refractivity contribution >= 4 is 23.5 Å². The molecular weight excluding hydrogens is 350 g/mol. The molecule has 5 heteroatoms. The minimum absolute atomic E-state index is 0.385. The van der Waals surface area contributed by atoms with E-state index in [2.05, 4.69) is 42.6 Å². The van der Waals surface area contributed by atoms with Gasteiger partial charge in [0.15, 0.2) is 0 Å². The molecule has 0 amide bonds. The van der Waals surface area contributed by atoms with Crippen LogP contribution in [0.25, 0.3) is 0 Å². The van der Waals surface area contributed by atoms with Crippen LogP contribution in [0.2, 0.25) is 0 Å². The number of fused-ring (bicyclic) bond motifs is 1. The molecule has 0 saturated carbocycles. The molecule has 1 aliphatic heterocycles. The smallest absolute Gasteiger partial charge is 0.132 e. The van der Waals surface area contributed by atoms with Crippen LogP contribution in [0.3, 0.4) is 0 Å². The van der Waals surface area contributed by atoms with Crippen LogP contribution in [0, 0.1) is 5.92 Å². The highest BCUT2D eigenvalue weighted by Crippen LogP contribution is 2.32. The first kappa shape index (κ1) is 18.5. The van der Waals surface area contributed by atoms with E-state index >= 15 is 0 Å². The molecule has 0 spiro atoms. The Kier molecular flexibility index (Phi) is 6.96. The number of methoxy groups -OCH3 is 1. The van der Waals surface area contributed by atoms with Gasteiger partial charge in [-0.1, -0.05) is 31.2 Å². The maximum atomic E-state index is 5.95. The van der Waals surface area contributed by atoms with Crippen LogP contribution in [0.4, 0.5) is 0 Å². The normalized spacial score (nSPS) is 17.9. The van der Waals surface area contributed by atoms with Crippen LogP contribution in [-0.2, 0) is 0 Å². The Morgan fingerprint density at radius 1 is 1.24 bits per heavy atom. The SMILES string of the molecule is COc1ccccc1SC[C@@H](C)CN[C@H]1COc2ccccc2SC1. The van der Waals surface area contributed by atoms with Gasteiger partial charge in [0, 0.05) is 21.3 Å². The lowest BCUT2D eigenvalue weighted by molar-refractivity contribution is 0.270. The first-order valence-corrected chi connectivity index (χ1v) is 10.6. The molecule has 0 radical (unpaired) electrons. The molecule has 0 saturated heterocycles. The van der Waals surface area contributed by atoms with Gasteiger partial charge in [0.2, 0.25) is 0 Å². The Balaban J connectivity index is 1.43. The molecule has 3 nitrogen and oxygen atoms in total. The van der Waals surface area contributed by atoms with E-state index in [0.717, 1.165) is 36.2 Å². The molecule has 0 aromatic heterocycles. The second-order valence-corrected chi connectivity index (χ2v) is 8.36. The summed E-state index contributed by atoms with van der Waals surface area (Å²) < 4.78 is 11.4. The van der Waals surface area contributed by atoms with Crippen molar-refractivity contribution in [2.75, 3.05) is 31.8 Å². The van der Waals surface area contributed by atoms with E-state index < -0.39 is 0 Å². The van der Waals surface area contributed by atoms with Gasteiger partial charge in [-0.25, -0.2) is 0 Å². The van der Waals surface area contributed by atoms with Crippen LogP contribution in [0.5, 0.6) is 11.5 Å². The zero-order chi connectivity index (χ0) is 17.5. The summed E-state index contributed by atoms with van der Waals surface area (Å²) in [6.45, 7) is 4.01. The van der Waals surface area contributed by atoms with Crippen molar-refractivity contribution in [1.29, 1.82) is 0 Å². The van der Waals surface area contributed by atoms with Gasteiger partial charge in [-0.3, -0.25) is 0 Å². The largest absolute Gasteiger partial charge is 0.496 e. The summed E-state index contributed by atoms with van der Waals surface area (Å²) in [5.41, 5.74) is 0. The topological polar surface area (TPSA) is 30.5 Å². The Labute approximate surface area is 158 Å². The number of para-hydroxylation sites is 2. The number of rotatable bonds is 7. The third-order valence-corrected chi connectivity index (χ3v) is 6.68. The summed E-state index contributed by atoms with van der Waals surface area (Å²) >= 11 is 3.73. The molecule has 2 aromatic carbocycles. The number of nitrogens with one attached hydrogen (secondary N) is 1. The predicted octanol–water partition coefficient (Wildman–Crippen LogP) is 4.57. The van der Waals surface area contributed by atoms with Gasteiger partial charge in [-0.2, -0.15) is 0 Å². The maximum Gasteiger partial charge on any atom is 0.132 e. The predicted molar refractivity (Wildman–Crippen MR) is 107 cm³/mol. The highest BCUT2D eigenvalue weighted by molar-refractivity contribution is 7.99. The maximum absolute atomic E-state index is 5.95. The molecule has 1 heterocycles. The monoisotopic (exact) mass is 375 g/mol. The molecule has 2 atom stereocenters. The third kappa shape index (κ3) is 5.33. The molecule has 25 heavy (non-hydrogen) atoms. The molecule has 134 valence electrons. The zero-order valence-corrected chi connectivity index (χ0v) is 16.4. The van der Waals surface area contributed by atoms with E-state index in [4.69, 9.17) is 9.47 Å². The number of thioether (sulfide) groups is 2. The zero-order valence-electron chi connectivity index (χ0n) is 14.7. The van der Waals surface area contributed by atoms with Crippen LogP contribution in [-0.4, -0.2) is 37.8 Å². The lowest BCUT2D eigenvalue weighted by Gasteiger charge is -2.19. The van der Waals surface area contributed by atoms with E-state index in [0.29, 0.717) is 12.0 Å². The number of hydrogen-bond donors (Lipinski definition) is 1. The highest BCUT2D eigenvalue weighted by Gasteiger charge is 2.17. The second kappa shape index (κ2) is 9.41. The van der Waals surface area contributed by atoms with Gasteiger partial charge in [-0.05, 0) is 36.7 Å². The number of benzene rings is 2. The van der Waals surface area contributed by atoms with Crippen molar-refractivity contribution in [3.63, 3.8) is 0 Å². The molecule has 1 aliphatic rings. The first-order chi connectivity index (χ1) is 12.3. The Bertz CT molecular complexity index is 653. The van der Waals surface area contributed by atoms with E-state index in [1.54, 1.807) is 7.11 Å². The van der Waals surface area contributed by atoms with Crippen LogP contribution in [0.15, 0.2) is 58.3 Å². The van der Waals surface area contributed by atoms with Gasteiger partial charge < -0.3 is 14.8 Å². The Morgan fingerprint density at radius 3 is 2.92 bits per heavy atom. The van der Waals surface area contributed by atoms with Gasteiger partial charge in [0.05, 0.1) is 13.2 Å². The lowest BCUT2D eigenvalue weighted by atomic mass is 10.2. The molecule has 0 unspecified atom stereocenters. The third-order valence-electron chi connectivity index (χ3n) is 4.08. The van der Waals surface area contributed by atoms with Crippen LogP contribution in [0.1, 0.15) is 6.92 Å². The van der Waals surface area contributed by atoms with Crippen molar-refractivity contribution in [2.45, 2.75) is 22.8 Å². The second-order valence-electron chi connectivity index (χ2n) is 6.24. The molecule has 0 bridgehead atoms. The molecule has 2 aromatic rings. The van der Waals surface area contributed by atoms with E-state index in [1.807, 2.05) is 41.7 Å². The Hall–Kier alpha value is -1.30. The van der Waals surface area contributed by atoms with Gasteiger partial charge in [0.1, 0.15) is 18.1 Å². The summed E-state index contributed by atoms with van der Waals surface area (Å²) in [5.74, 6) is 4.65. The van der Waals surface area contributed by atoms with E-state index in [1.165, 1.54) is 9.79 Å². The fourth-order valence-corrected chi connectivity index (χ4v) is 4.72. The highest BCUT2D eigenvalue weighted by atomic mass is 32.2. The molecule has 3 rings (SSSR count). The fourth-order valence-electron chi connectivity index (χ4n) is 2.63. The number of ether oxygens (including phenoxy) is 2. The van der Waals surface area contributed by atoms with Crippen molar-refractivity contribution in [1.82, 2.24) is 5.32 Å². The van der Waals surface area contributed by atoms with Crippen molar-refractivity contribution in [3.05, 3.63) is 48.5 Å². The van der Waals surface area contributed by atoms with Crippen LogP contribution >= 0.6 is 23.5 Å². The van der Waals surface area contributed by atoms with Crippen molar-refractivity contribution in [3.8, 4) is 11.5 Å². The minimum Gasteiger partial charge on any atom is -0.496 e. The Morgan fingerprint density at radius 2 is 2.04 bits per heavy atom. The van der Waals surface area contributed by atoms with Gasteiger partial charge >= 0.3 is 0 Å². The summed E-state index contributed by atoms with van der Waals surface area (Å²) in [6.07, 6.45) is 0. The first-order valence-electron chi connectivity index (χ1n) is 8.60. The van der Waals surface area contributed by atoms with Crippen molar-refractivity contribution in [2.24, 2.45) is 5.92 Å². The van der Waals surface area contributed by atoms with Gasteiger partial charge in [-0.15, -0.1) is 23.5 Å². The van der Waals surface area contributed by atoms with E-state index in [-0.39, 0.29) is 0 Å². The molecule has 0 fully saturated rings. The molecular formula is C20H25NO2S2. The number of hydrogen-bond acceptors (Lipinski definition) is 5. The summed E-state index contributed by atoms with van der Waals surface area (Å²) in [4.78, 5) is 2.45. The summed E-state index contributed by atoms with van der Waals surface area (Å²) in [5, 5.41) is 3.67. The average molecular weight is 376 g/mol. The summed E-state index contributed by atoms with van der Waals surface area (Å²) in [6, 6.07) is 16.9. The molecule has 1 N–H and O–H groups in total. The lowest BCUT2D eigenvalue weighted by Crippen LogP contribution is -2.39.